The summed E-state index contributed by atoms with van der Waals surface area (Å²) in [6.45, 7) is 5.87. The van der Waals surface area contributed by atoms with Crippen LogP contribution in [0.2, 0.25) is 10.0 Å². The highest BCUT2D eigenvalue weighted by Crippen LogP contribution is 2.36. The van der Waals surface area contributed by atoms with Crippen molar-refractivity contribution in [3.8, 4) is 23.2 Å². The molecule has 2 aromatic carbocycles. The van der Waals surface area contributed by atoms with Crippen molar-refractivity contribution in [1.29, 1.82) is 5.26 Å². The van der Waals surface area contributed by atoms with E-state index in [1.165, 1.54) is 16.7 Å². The van der Waals surface area contributed by atoms with Crippen LogP contribution < -0.4 is 10.5 Å². The first kappa shape index (κ1) is 22.3. The molecule has 0 fully saturated rings. The van der Waals surface area contributed by atoms with Crippen molar-refractivity contribution in [2.75, 3.05) is 19.3 Å². The maximum Gasteiger partial charge on any atom is 0.258 e. The molecule has 0 saturated carbocycles. The molecular weight excluding hydrogens is 445 g/mol. The first-order valence-corrected chi connectivity index (χ1v) is 11.0. The number of rotatable bonds is 4. The Labute approximate surface area is 197 Å². The third-order valence-electron chi connectivity index (χ3n) is 5.75. The number of hydrogen-bond donors (Lipinski definition) is 1. The maximum absolute atomic E-state index is 9.27. The van der Waals surface area contributed by atoms with E-state index in [2.05, 4.69) is 47.0 Å². The standard InChI is InChI=1S/C24H23Cl2N5O/c1-13-8-16(9-17-12-31(3)7-6-18(13)17)20-11-29-23(28)24(30-20)32-14(2)21-19(25)5-4-15(10-27)22(21)26/h4-5,8-9,11,14H,6-7,12H2,1-3H3,(H2,28,29). The average Bonchev–Trinajstić information content (AvgIpc) is 2.75. The molecule has 2 heterocycles. The predicted octanol–water partition coefficient (Wildman–Crippen LogP) is 5.34. The molecule has 0 bridgehead atoms. The average molecular weight is 468 g/mol. The number of nitrogens with two attached hydrogens (primary N) is 1. The van der Waals surface area contributed by atoms with Crippen molar-refractivity contribution >= 4 is 29.0 Å². The molecule has 2 N–H and O–H groups in total. The van der Waals surface area contributed by atoms with Gasteiger partial charge in [-0.05, 0) is 68.3 Å². The SMILES string of the molecule is Cc1cc(-c2cnc(N)c(OC(C)c3c(Cl)ccc(C#N)c3Cl)n2)cc2c1CCN(C)C2. The molecule has 3 aromatic rings. The molecule has 1 unspecified atom stereocenters. The minimum atomic E-state index is -0.589. The van der Waals surface area contributed by atoms with Crippen LogP contribution in [0.4, 0.5) is 5.82 Å². The van der Waals surface area contributed by atoms with Crippen molar-refractivity contribution in [2.45, 2.75) is 32.9 Å². The van der Waals surface area contributed by atoms with Crippen LogP contribution >= 0.6 is 23.2 Å². The lowest BCUT2D eigenvalue weighted by Crippen LogP contribution is -2.27. The topological polar surface area (TPSA) is 88.1 Å². The number of nitrogens with zero attached hydrogens (tertiary/aromatic N) is 4. The Morgan fingerprint density at radius 1 is 1.28 bits per heavy atom. The fourth-order valence-corrected chi connectivity index (χ4v) is 4.79. The van der Waals surface area contributed by atoms with E-state index in [1.54, 1.807) is 25.3 Å². The summed E-state index contributed by atoms with van der Waals surface area (Å²) in [5, 5.41) is 9.93. The summed E-state index contributed by atoms with van der Waals surface area (Å²) in [7, 11) is 2.12. The second kappa shape index (κ2) is 8.95. The zero-order valence-electron chi connectivity index (χ0n) is 18.1. The molecule has 6 nitrogen and oxygen atoms in total. The zero-order chi connectivity index (χ0) is 23.0. The van der Waals surface area contributed by atoms with E-state index in [0.717, 1.165) is 25.1 Å². The fourth-order valence-electron chi connectivity index (χ4n) is 4.07. The predicted molar refractivity (Wildman–Crippen MR) is 127 cm³/mol. The Kier molecular flexibility index (Phi) is 6.25. The third-order valence-corrected chi connectivity index (χ3v) is 6.49. The van der Waals surface area contributed by atoms with Crippen LogP contribution in [0.5, 0.6) is 5.88 Å². The molecule has 32 heavy (non-hydrogen) atoms. The number of anilines is 1. The lowest BCUT2D eigenvalue weighted by atomic mass is 9.92. The quantitative estimate of drug-likeness (QED) is 0.556. The van der Waals surface area contributed by atoms with Gasteiger partial charge in [0.05, 0.1) is 22.5 Å². The molecule has 8 heteroatoms. The lowest BCUT2D eigenvalue weighted by molar-refractivity contribution is 0.218. The number of ether oxygens (including phenoxy) is 1. The number of nitrogen functional groups attached to an aromatic ring is 1. The van der Waals surface area contributed by atoms with Crippen molar-refractivity contribution in [2.24, 2.45) is 0 Å². The number of halogens is 2. The van der Waals surface area contributed by atoms with Gasteiger partial charge < -0.3 is 15.4 Å². The van der Waals surface area contributed by atoms with E-state index in [0.29, 0.717) is 21.8 Å². The van der Waals surface area contributed by atoms with Crippen molar-refractivity contribution in [3.05, 3.63) is 68.3 Å². The Balaban J connectivity index is 1.69. The van der Waals surface area contributed by atoms with Crippen LogP contribution in [-0.2, 0) is 13.0 Å². The number of benzene rings is 2. The molecule has 0 spiro atoms. The number of hydrogen-bond acceptors (Lipinski definition) is 6. The first-order valence-electron chi connectivity index (χ1n) is 10.3. The van der Waals surface area contributed by atoms with E-state index in [1.807, 2.05) is 0 Å². The van der Waals surface area contributed by atoms with Crippen molar-refractivity contribution < 1.29 is 4.74 Å². The Bertz CT molecular complexity index is 1240. The van der Waals surface area contributed by atoms with E-state index in [9.17, 15) is 5.26 Å². The molecule has 1 aromatic heterocycles. The van der Waals surface area contributed by atoms with Gasteiger partial charge in [0.15, 0.2) is 5.82 Å². The summed E-state index contributed by atoms with van der Waals surface area (Å²) >= 11 is 12.7. The van der Waals surface area contributed by atoms with Gasteiger partial charge in [-0.1, -0.05) is 23.2 Å². The van der Waals surface area contributed by atoms with E-state index in [4.69, 9.17) is 33.7 Å². The molecule has 1 aliphatic rings. The van der Waals surface area contributed by atoms with Crippen molar-refractivity contribution in [3.63, 3.8) is 0 Å². The summed E-state index contributed by atoms with van der Waals surface area (Å²) in [6, 6.07) is 9.54. The van der Waals surface area contributed by atoms with E-state index < -0.39 is 6.10 Å². The largest absolute Gasteiger partial charge is 0.467 e. The van der Waals surface area contributed by atoms with Gasteiger partial charge in [-0.2, -0.15) is 5.26 Å². The van der Waals surface area contributed by atoms with Crippen LogP contribution in [-0.4, -0.2) is 28.5 Å². The number of aromatic nitrogens is 2. The summed E-state index contributed by atoms with van der Waals surface area (Å²) < 4.78 is 6.03. The second-order valence-corrected chi connectivity index (χ2v) is 8.84. The molecule has 0 radical (unpaired) electrons. The minimum absolute atomic E-state index is 0.165. The van der Waals surface area contributed by atoms with Crippen LogP contribution in [0.3, 0.4) is 0 Å². The number of fused-ring (bicyclic) bond motifs is 1. The zero-order valence-corrected chi connectivity index (χ0v) is 19.6. The molecular formula is C24H23Cl2N5O. The molecule has 4 rings (SSSR count). The maximum atomic E-state index is 9.27. The van der Waals surface area contributed by atoms with Gasteiger partial charge >= 0.3 is 0 Å². The molecule has 164 valence electrons. The Morgan fingerprint density at radius 2 is 2.06 bits per heavy atom. The van der Waals surface area contributed by atoms with Gasteiger partial charge in [-0.25, -0.2) is 9.97 Å². The fraction of sp³-hybridized carbons (Fsp3) is 0.292. The van der Waals surface area contributed by atoms with E-state index >= 15 is 0 Å². The van der Waals surface area contributed by atoms with Gasteiger partial charge in [-0.3, -0.25) is 0 Å². The van der Waals surface area contributed by atoms with Crippen molar-refractivity contribution in [1.82, 2.24) is 14.9 Å². The molecule has 0 aliphatic carbocycles. The van der Waals surface area contributed by atoms with Gasteiger partial charge in [0.2, 0.25) is 0 Å². The number of aryl methyl sites for hydroxylation is 1. The molecule has 1 aliphatic heterocycles. The number of nitriles is 1. The normalized spacial score (nSPS) is 14.5. The van der Waals surface area contributed by atoms with Crippen LogP contribution in [0.25, 0.3) is 11.3 Å². The van der Waals surface area contributed by atoms with Gasteiger partial charge in [0.25, 0.3) is 5.88 Å². The van der Waals surface area contributed by atoms with Crippen LogP contribution in [0.1, 0.15) is 40.8 Å². The van der Waals surface area contributed by atoms with E-state index in [-0.39, 0.29) is 16.7 Å². The molecule has 0 amide bonds. The second-order valence-electron chi connectivity index (χ2n) is 8.06. The highest BCUT2D eigenvalue weighted by molar-refractivity contribution is 6.36. The highest BCUT2D eigenvalue weighted by Gasteiger charge is 2.21. The molecule has 0 saturated heterocycles. The summed E-state index contributed by atoms with van der Waals surface area (Å²) in [6.07, 6.45) is 2.10. The molecule has 1 atom stereocenters. The van der Waals surface area contributed by atoms with Gasteiger partial charge in [0.1, 0.15) is 12.2 Å². The highest BCUT2D eigenvalue weighted by atomic mass is 35.5. The Morgan fingerprint density at radius 3 is 2.81 bits per heavy atom. The van der Waals surface area contributed by atoms with Crippen LogP contribution in [0, 0.1) is 18.3 Å². The Hall–Kier alpha value is -2.85. The minimum Gasteiger partial charge on any atom is -0.467 e. The third kappa shape index (κ3) is 4.24. The smallest absolute Gasteiger partial charge is 0.258 e. The summed E-state index contributed by atoms with van der Waals surface area (Å²) in [4.78, 5) is 11.2. The van der Waals surface area contributed by atoms with Crippen LogP contribution in [0.15, 0.2) is 30.5 Å². The summed E-state index contributed by atoms with van der Waals surface area (Å²) in [5.41, 5.74) is 12.5. The first-order chi connectivity index (χ1) is 15.3. The summed E-state index contributed by atoms with van der Waals surface area (Å²) in [5.74, 6) is 0.357. The van der Waals surface area contributed by atoms with Gasteiger partial charge in [-0.15, -0.1) is 0 Å². The lowest BCUT2D eigenvalue weighted by Gasteiger charge is -2.27. The monoisotopic (exact) mass is 467 g/mol. The van der Waals surface area contributed by atoms with Gasteiger partial charge in [0, 0.05) is 29.2 Å². The number of likely N-dealkylation sites (N-methyl/N-ethyl adjacent to an activating group) is 1.